The molecule has 2 aromatic carbocycles. The summed E-state index contributed by atoms with van der Waals surface area (Å²) in [6.07, 6.45) is 3.11. The molecule has 0 saturated carbocycles. The predicted molar refractivity (Wildman–Crippen MR) is 111 cm³/mol. The van der Waals surface area contributed by atoms with Gasteiger partial charge in [0.1, 0.15) is 11.3 Å². The molecule has 0 aliphatic carbocycles. The minimum atomic E-state index is -0.591. The molecule has 0 aliphatic heterocycles. The number of nitrogens with two attached hydrogens (primary N) is 1. The van der Waals surface area contributed by atoms with E-state index in [1.54, 1.807) is 30.5 Å². The second-order valence-corrected chi connectivity index (χ2v) is 6.08. The highest BCUT2D eigenvalue weighted by Crippen LogP contribution is 2.27. The van der Waals surface area contributed by atoms with Gasteiger partial charge >= 0.3 is 0 Å². The van der Waals surface area contributed by atoms with E-state index in [2.05, 4.69) is 15.5 Å². The molecule has 0 saturated heterocycles. The number of rotatable bonds is 9. The number of carbonyl (C=O) groups excluding carboxylic acids is 2. The molecule has 3 rings (SSSR count). The molecule has 0 bridgehead atoms. The van der Waals surface area contributed by atoms with E-state index in [0.717, 1.165) is 5.39 Å². The summed E-state index contributed by atoms with van der Waals surface area (Å²) in [7, 11) is 1.47. The number of carbonyl (C=O) groups is 2. The van der Waals surface area contributed by atoms with Crippen molar-refractivity contribution in [3.63, 3.8) is 0 Å². The smallest absolute Gasteiger partial charge is 0.277 e. The Labute approximate surface area is 172 Å². The molecule has 154 valence electrons. The lowest BCUT2D eigenvalue weighted by Crippen LogP contribution is -2.24. The highest BCUT2D eigenvalue weighted by atomic mass is 16.5. The van der Waals surface area contributed by atoms with Crippen LogP contribution in [0.15, 0.2) is 59.8 Å². The Morgan fingerprint density at radius 3 is 2.67 bits per heavy atom. The minimum absolute atomic E-state index is 0.212. The average Bonchev–Trinajstić information content (AvgIpc) is 2.76. The number of amides is 2. The molecule has 30 heavy (non-hydrogen) atoms. The van der Waals surface area contributed by atoms with Gasteiger partial charge in [0.15, 0.2) is 24.7 Å². The number of fused-ring (bicyclic) bond motifs is 1. The van der Waals surface area contributed by atoms with Gasteiger partial charge in [-0.05, 0) is 35.9 Å². The number of para-hydroxylation sites is 1. The van der Waals surface area contributed by atoms with Gasteiger partial charge in [-0.1, -0.05) is 18.2 Å². The largest absolute Gasteiger partial charge is 0.493 e. The minimum Gasteiger partial charge on any atom is -0.493 e. The van der Waals surface area contributed by atoms with Crippen molar-refractivity contribution in [1.29, 1.82) is 0 Å². The standard InChI is InChI=1S/C21H20N4O5/c1-28-18-10-14(7-8-16(18)29-12-19(22)26)11-24-25-20(27)13-30-17-6-2-4-15-5-3-9-23-21(15)17/h2-11H,12-13H2,1H3,(H2,22,26)(H,25,27)/b24-11+. The summed E-state index contributed by atoms with van der Waals surface area (Å²) >= 11 is 0. The number of nitrogens with one attached hydrogen (secondary N) is 1. The average molecular weight is 408 g/mol. The van der Waals surface area contributed by atoms with Crippen molar-refractivity contribution in [2.24, 2.45) is 10.8 Å². The second kappa shape index (κ2) is 9.87. The summed E-state index contributed by atoms with van der Waals surface area (Å²) < 4.78 is 16.0. The van der Waals surface area contributed by atoms with Gasteiger partial charge in [0, 0.05) is 11.6 Å². The zero-order valence-corrected chi connectivity index (χ0v) is 16.2. The van der Waals surface area contributed by atoms with E-state index in [1.807, 2.05) is 24.3 Å². The molecule has 1 heterocycles. The highest BCUT2D eigenvalue weighted by molar-refractivity contribution is 5.86. The molecular formula is C21H20N4O5. The van der Waals surface area contributed by atoms with Crippen molar-refractivity contribution < 1.29 is 23.8 Å². The fourth-order valence-corrected chi connectivity index (χ4v) is 2.58. The first-order chi connectivity index (χ1) is 14.6. The van der Waals surface area contributed by atoms with Gasteiger partial charge in [0.05, 0.1) is 13.3 Å². The third-order valence-corrected chi connectivity index (χ3v) is 3.91. The van der Waals surface area contributed by atoms with Gasteiger partial charge in [-0.3, -0.25) is 14.6 Å². The number of nitrogens with zero attached hydrogens (tertiary/aromatic N) is 2. The Bertz CT molecular complexity index is 1080. The lowest BCUT2D eigenvalue weighted by atomic mass is 10.2. The van der Waals surface area contributed by atoms with Crippen molar-refractivity contribution in [2.75, 3.05) is 20.3 Å². The van der Waals surface area contributed by atoms with Crippen molar-refractivity contribution >= 4 is 28.9 Å². The summed E-state index contributed by atoms with van der Waals surface area (Å²) in [6, 6.07) is 14.2. The van der Waals surface area contributed by atoms with Crippen molar-refractivity contribution in [3.05, 3.63) is 60.3 Å². The van der Waals surface area contributed by atoms with Crippen molar-refractivity contribution in [1.82, 2.24) is 10.4 Å². The number of methoxy groups -OCH3 is 1. The Kier molecular flexibility index (Phi) is 6.78. The molecule has 3 N–H and O–H groups in total. The first-order valence-electron chi connectivity index (χ1n) is 8.94. The van der Waals surface area contributed by atoms with Crippen LogP contribution >= 0.6 is 0 Å². The molecule has 0 fully saturated rings. The zero-order valence-electron chi connectivity index (χ0n) is 16.2. The van der Waals surface area contributed by atoms with Crippen LogP contribution in [-0.4, -0.2) is 43.3 Å². The van der Waals surface area contributed by atoms with Gasteiger partial charge in [0.2, 0.25) is 0 Å². The molecule has 9 nitrogen and oxygen atoms in total. The molecule has 2 amide bonds. The van der Waals surface area contributed by atoms with E-state index in [-0.39, 0.29) is 13.2 Å². The van der Waals surface area contributed by atoms with Crippen LogP contribution in [-0.2, 0) is 9.59 Å². The summed E-state index contributed by atoms with van der Waals surface area (Å²) in [6.45, 7) is -0.470. The van der Waals surface area contributed by atoms with E-state index in [1.165, 1.54) is 13.3 Å². The van der Waals surface area contributed by atoms with Gasteiger partial charge in [-0.2, -0.15) is 5.10 Å². The maximum Gasteiger partial charge on any atom is 0.277 e. The van der Waals surface area contributed by atoms with E-state index < -0.39 is 11.8 Å². The molecule has 0 aliphatic rings. The fraction of sp³-hybridized carbons (Fsp3) is 0.143. The Hall–Kier alpha value is -4.14. The predicted octanol–water partition coefficient (Wildman–Crippen LogP) is 1.64. The van der Waals surface area contributed by atoms with E-state index in [4.69, 9.17) is 19.9 Å². The number of hydrazone groups is 1. The molecular weight excluding hydrogens is 388 g/mol. The SMILES string of the molecule is COc1cc(/C=N/NC(=O)COc2cccc3cccnc23)ccc1OCC(N)=O. The number of hydrogen-bond acceptors (Lipinski definition) is 7. The zero-order chi connectivity index (χ0) is 21.3. The molecule has 9 heteroatoms. The van der Waals surface area contributed by atoms with Gasteiger partial charge < -0.3 is 19.9 Å². The topological polar surface area (TPSA) is 125 Å². The molecule has 3 aromatic rings. The number of benzene rings is 2. The van der Waals surface area contributed by atoms with Crippen molar-refractivity contribution in [2.45, 2.75) is 0 Å². The van der Waals surface area contributed by atoms with E-state index in [0.29, 0.717) is 28.3 Å². The monoisotopic (exact) mass is 408 g/mol. The van der Waals surface area contributed by atoms with Crippen LogP contribution in [0.5, 0.6) is 17.2 Å². The molecule has 0 atom stereocenters. The molecule has 1 aromatic heterocycles. The maximum atomic E-state index is 12.0. The highest BCUT2D eigenvalue weighted by Gasteiger charge is 2.08. The Balaban J connectivity index is 1.55. The fourth-order valence-electron chi connectivity index (χ4n) is 2.58. The van der Waals surface area contributed by atoms with Crippen LogP contribution in [0.1, 0.15) is 5.56 Å². The van der Waals surface area contributed by atoms with Crippen LogP contribution in [0.25, 0.3) is 10.9 Å². The molecule has 0 unspecified atom stereocenters. The summed E-state index contributed by atoms with van der Waals surface area (Å²) in [4.78, 5) is 27.1. The quantitative estimate of drug-likeness (QED) is 0.410. The Morgan fingerprint density at radius 1 is 1.07 bits per heavy atom. The lowest BCUT2D eigenvalue weighted by Gasteiger charge is -2.10. The third-order valence-electron chi connectivity index (χ3n) is 3.91. The maximum absolute atomic E-state index is 12.0. The van der Waals surface area contributed by atoms with Gasteiger partial charge in [-0.25, -0.2) is 5.43 Å². The summed E-state index contributed by atoms with van der Waals surface area (Å²) in [5, 5.41) is 4.83. The molecule has 0 radical (unpaired) electrons. The van der Waals surface area contributed by atoms with Crippen LogP contribution < -0.4 is 25.4 Å². The number of pyridine rings is 1. The number of ether oxygens (including phenoxy) is 3. The summed E-state index contributed by atoms with van der Waals surface area (Å²) in [5.41, 5.74) is 8.79. The lowest BCUT2D eigenvalue weighted by molar-refractivity contribution is -0.123. The van der Waals surface area contributed by atoms with E-state index in [9.17, 15) is 9.59 Å². The van der Waals surface area contributed by atoms with Crippen molar-refractivity contribution in [3.8, 4) is 17.2 Å². The molecule has 0 spiro atoms. The van der Waals surface area contributed by atoms with Crippen LogP contribution in [0.3, 0.4) is 0 Å². The Morgan fingerprint density at radius 2 is 1.87 bits per heavy atom. The number of aromatic nitrogens is 1. The second-order valence-electron chi connectivity index (χ2n) is 6.08. The normalized spacial score (nSPS) is 10.7. The van der Waals surface area contributed by atoms with E-state index >= 15 is 0 Å². The van der Waals surface area contributed by atoms with Gasteiger partial charge in [-0.15, -0.1) is 0 Å². The van der Waals surface area contributed by atoms with Crippen LogP contribution in [0.4, 0.5) is 0 Å². The van der Waals surface area contributed by atoms with Crippen LogP contribution in [0.2, 0.25) is 0 Å². The number of hydrogen-bond donors (Lipinski definition) is 2. The van der Waals surface area contributed by atoms with Crippen LogP contribution in [0, 0.1) is 0 Å². The number of primary amides is 1. The first-order valence-corrected chi connectivity index (χ1v) is 8.94. The first kappa shape index (κ1) is 20.6. The third kappa shape index (κ3) is 5.44. The van der Waals surface area contributed by atoms with Gasteiger partial charge in [0.25, 0.3) is 11.8 Å². The summed E-state index contributed by atoms with van der Waals surface area (Å²) in [5.74, 6) is 0.274.